The molecule has 0 aliphatic carbocycles. The van der Waals surface area contributed by atoms with Crippen molar-refractivity contribution in [1.82, 2.24) is 10.3 Å². The highest BCUT2D eigenvalue weighted by Crippen LogP contribution is 2.33. The van der Waals surface area contributed by atoms with Gasteiger partial charge in [-0.2, -0.15) is 0 Å². The van der Waals surface area contributed by atoms with Gasteiger partial charge in [-0.25, -0.2) is 4.79 Å². The minimum atomic E-state index is -0.953. The summed E-state index contributed by atoms with van der Waals surface area (Å²) in [5, 5.41) is 18.1. The van der Waals surface area contributed by atoms with Crippen molar-refractivity contribution in [2.75, 3.05) is 7.11 Å². The standard InChI is InChI=1S/C14H9N3O6/c1-21-14(18)11-12(23-16-13(11)17(19)20)10-7-9(15-22-10)8-5-3-2-4-6-8/h2-7H,1H3. The molecular weight excluding hydrogens is 306 g/mol. The lowest BCUT2D eigenvalue weighted by molar-refractivity contribution is -0.391. The number of carbonyl (C=O) groups is 1. The third kappa shape index (κ3) is 2.55. The molecule has 1 aromatic carbocycles. The molecule has 0 saturated heterocycles. The molecule has 9 heteroatoms. The lowest BCUT2D eigenvalue weighted by Gasteiger charge is -1.95. The molecule has 0 radical (unpaired) electrons. The summed E-state index contributed by atoms with van der Waals surface area (Å²) in [7, 11) is 1.10. The second kappa shape index (κ2) is 5.72. The molecule has 0 unspecified atom stereocenters. The van der Waals surface area contributed by atoms with Crippen LogP contribution in [0.3, 0.4) is 0 Å². The Hall–Kier alpha value is -3.49. The third-order valence-corrected chi connectivity index (χ3v) is 3.04. The van der Waals surface area contributed by atoms with Gasteiger partial charge in [-0.1, -0.05) is 35.5 Å². The molecule has 0 aliphatic rings. The van der Waals surface area contributed by atoms with Crippen LogP contribution in [0.1, 0.15) is 10.4 Å². The molecule has 0 N–H and O–H groups in total. The van der Waals surface area contributed by atoms with Gasteiger partial charge in [0.25, 0.3) is 5.76 Å². The number of nitro groups is 1. The van der Waals surface area contributed by atoms with Crippen molar-refractivity contribution < 1.29 is 23.5 Å². The number of benzene rings is 1. The number of hydrogen-bond acceptors (Lipinski definition) is 8. The number of carbonyl (C=O) groups excluding carboxylic acids is 1. The fourth-order valence-corrected chi connectivity index (χ4v) is 1.99. The quantitative estimate of drug-likeness (QED) is 0.409. The average Bonchev–Trinajstić information content (AvgIpc) is 3.21. The van der Waals surface area contributed by atoms with Crippen molar-refractivity contribution in [3.05, 3.63) is 52.1 Å². The first-order chi connectivity index (χ1) is 11.1. The summed E-state index contributed by atoms with van der Waals surface area (Å²) < 4.78 is 14.5. The minimum Gasteiger partial charge on any atom is -0.465 e. The Morgan fingerprint density at radius 2 is 1.96 bits per heavy atom. The summed E-state index contributed by atoms with van der Waals surface area (Å²) >= 11 is 0. The van der Waals surface area contributed by atoms with Crippen molar-refractivity contribution in [3.63, 3.8) is 0 Å². The van der Waals surface area contributed by atoms with Gasteiger partial charge < -0.3 is 19.4 Å². The topological polar surface area (TPSA) is 122 Å². The summed E-state index contributed by atoms with van der Waals surface area (Å²) in [4.78, 5) is 21.9. The minimum absolute atomic E-state index is 0.0323. The number of rotatable bonds is 4. The fourth-order valence-electron chi connectivity index (χ4n) is 1.99. The van der Waals surface area contributed by atoms with E-state index in [-0.39, 0.29) is 11.5 Å². The van der Waals surface area contributed by atoms with E-state index >= 15 is 0 Å². The van der Waals surface area contributed by atoms with Gasteiger partial charge in [0.05, 0.1) is 7.11 Å². The molecule has 2 aromatic heterocycles. The van der Waals surface area contributed by atoms with Crippen molar-refractivity contribution >= 4 is 11.8 Å². The Bertz CT molecular complexity index is 868. The number of hydrogen-bond donors (Lipinski definition) is 0. The van der Waals surface area contributed by atoms with Crippen LogP contribution in [-0.2, 0) is 4.74 Å². The van der Waals surface area contributed by atoms with E-state index in [4.69, 9.17) is 9.05 Å². The van der Waals surface area contributed by atoms with E-state index in [0.717, 1.165) is 12.7 Å². The van der Waals surface area contributed by atoms with Gasteiger partial charge in [0.15, 0.2) is 5.16 Å². The van der Waals surface area contributed by atoms with Crippen LogP contribution in [0.15, 0.2) is 45.4 Å². The number of ether oxygens (including phenoxy) is 1. The maximum atomic E-state index is 11.8. The molecule has 3 rings (SSSR count). The fraction of sp³-hybridized carbons (Fsp3) is 0.0714. The number of esters is 1. The molecule has 0 atom stereocenters. The number of methoxy groups -OCH3 is 1. The van der Waals surface area contributed by atoms with Crippen molar-refractivity contribution in [1.29, 1.82) is 0 Å². The predicted octanol–water partition coefficient (Wildman–Crippen LogP) is 2.69. The van der Waals surface area contributed by atoms with Crippen molar-refractivity contribution in [2.24, 2.45) is 0 Å². The molecule has 0 saturated carbocycles. The second-order valence-electron chi connectivity index (χ2n) is 4.40. The summed E-state index contributed by atoms with van der Waals surface area (Å²) in [5.74, 6) is -1.88. The molecule has 9 nitrogen and oxygen atoms in total. The van der Waals surface area contributed by atoms with E-state index in [0.29, 0.717) is 5.69 Å². The van der Waals surface area contributed by atoms with Crippen LogP contribution in [-0.4, -0.2) is 28.3 Å². The molecule has 116 valence electrons. The summed E-state index contributed by atoms with van der Waals surface area (Å²) in [6.07, 6.45) is 0. The lowest BCUT2D eigenvalue weighted by atomic mass is 10.1. The van der Waals surface area contributed by atoms with Crippen LogP contribution in [0.25, 0.3) is 22.8 Å². The van der Waals surface area contributed by atoms with Gasteiger partial charge >= 0.3 is 11.8 Å². The van der Waals surface area contributed by atoms with Gasteiger partial charge in [-0.3, -0.25) is 4.52 Å². The first kappa shape index (κ1) is 14.4. The maximum Gasteiger partial charge on any atom is 0.429 e. The number of nitrogens with zero attached hydrogens (tertiary/aromatic N) is 3. The third-order valence-electron chi connectivity index (χ3n) is 3.04. The smallest absolute Gasteiger partial charge is 0.429 e. The molecule has 23 heavy (non-hydrogen) atoms. The SMILES string of the molecule is COC(=O)c1c([N+](=O)[O-])noc1-c1cc(-c2ccccc2)no1. The van der Waals surface area contributed by atoms with Crippen LogP contribution in [0.4, 0.5) is 5.82 Å². The Morgan fingerprint density at radius 3 is 2.61 bits per heavy atom. The molecule has 0 bridgehead atoms. The van der Waals surface area contributed by atoms with E-state index in [2.05, 4.69) is 15.1 Å². The molecular formula is C14H9N3O6. The van der Waals surface area contributed by atoms with Gasteiger partial charge in [-0.15, -0.1) is 0 Å². The molecule has 0 amide bonds. The molecule has 0 spiro atoms. The zero-order valence-electron chi connectivity index (χ0n) is 11.8. The Morgan fingerprint density at radius 1 is 1.22 bits per heavy atom. The van der Waals surface area contributed by atoms with Crippen molar-refractivity contribution in [2.45, 2.75) is 0 Å². The molecule has 0 aliphatic heterocycles. The van der Waals surface area contributed by atoms with Gasteiger partial charge in [-0.05, 0) is 4.92 Å². The van der Waals surface area contributed by atoms with Crippen LogP contribution in [0, 0.1) is 10.1 Å². The van der Waals surface area contributed by atoms with Crippen LogP contribution < -0.4 is 0 Å². The van der Waals surface area contributed by atoms with E-state index in [9.17, 15) is 14.9 Å². The zero-order valence-corrected chi connectivity index (χ0v) is 11.8. The highest BCUT2D eigenvalue weighted by molar-refractivity contribution is 5.98. The van der Waals surface area contributed by atoms with Gasteiger partial charge in [0.1, 0.15) is 5.69 Å². The largest absolute Gasteiger partial charge is 0.465 e. The van der Waals surface area contributed by atoms with E-state index in [1.54, 1.807) is 0 Å². The average molecular weight is 315 g/mol. The Balaban J connectivity index is 2.08. The summed E-state index contributed by atoms with van der Waals surface area (Å²) in [6.45, 7) is 0. The highest BCUT2D eigenvalue weighted by atomic mass is 16.6. The van der Waals surface area contributed by atoms with Gasteiger partial charge in [0, 0.05) is 11.6 Å². The summed E-state index contributed by atoms with van der Waals surface area (Å²) in [5.41, 5.74) is 0.833. The van der Waals surface area contributed by atoms with E-state index in [1.807, 2.05) is 30.3 Å². The van der Waals surface area contributed by atoms with Crippen LogP contribution >= 0.6 is 0 Å². The van der Waals surface area contributed by atoms with Crippen LogP contribution in [0.2, 0.25) is 0 Å². The number of aromatic nitrogens is 2. The first-order valence-corrected chi connectivity index (χ1v) is 6.36. The predicted molar refractivity (Wildman–Crippen MR) is 75.4 cm³/mol. The van der Waals surface area contributed by atoms with Gasteiger partial charge in [0.2, 0.25) is 11.3 Å². The molecule has 0 fully saturated rings. The monoisotopic (exact) mass is 315 g/mol. The molecule has 3 aromatic rings. The Kier molecular flexibility index (Phi) is 3.59. The second-order valence-corrected chi connectivity index (χ2v) is 4.40. The first-order valence-electron chi connectivity index (χ1n) is 6.36. The van der Waals surface area contributed by atoms with E-state index in [1.165, 1.54) is 6.07 Å². The maximum absolute atomic E-state index is 11.8. The zero-order chi connectivity index (χ0) is 16.4. The van der Waals surface area contributed by atoms with E-state index < -0.39 is 22.3 Å². The van der Waals surface area contributed by atoms with Crippen LogP contribution in [0.5, 0.6) is 0 Å². The van der Waals surface area contributed by atoms with Crippen molar-refractivity contribution in [3.8, 4) is 22.8 Å². The Labute approximate surface area is 128 Å². The lowest BCUT2D eigenvalue weighted by Crippen LogP contribution is -2.05. The summed E-state index contributed by atoms with van der Waals surface area (Å²) in [6, 6.07) is 10.6. The molecule has 2 heterocycles. The highest BCUT2D eigenvalue weighted by Gasteiger charge is 2.35. The normalized spacial score (nSPS) is 10.5.